The molecule has 0 amide bonds. The van der Waals surface area contributed by atoms with Crippen molar-refractivity contribution in [2.45, 2.75) is 6.54 Å². The molecule has 0 heterocycles. The minimum atomic E-state index is 0.550. The molecule has 20 heavy (non-hydrogen) atoms. The standard InChI is InChI=1S/C16H18ClNO2/c1-19-8-9-20-16-7-3-6-15(11-16)18-12-13-4-2-5-14(17)10-13/h2-7,10-11,18H,8-9,12H2,1H3. The highest BCUT2D eigenvalue weighted by atomic mass is 35.5. The smallest absolute Gasteiger partial charge is 0.121 e. The van der Waals surface area contributed by atoms with Gasteiger partial charge < -0.3 is 14.8 Å². The number of rotatable bonds is 7. The number of anilines is 1. The Labute approximate surface area is 124 Å². The molecule has 0 saturated carbocycles. The molecule has 0 saturated heterocycles. The molecule has 0 radical (unpaired) electrons. The molecular formula is C16H18ClNO2. The third-order valence-corrected chi connectivity index (χ3v) is 3.01. The Balaban J connectivity index is 1.91. The Hall–Kier alpha value is -1.71. The Kier molecular flexibility index (Phi) is 5.71. The second-order valence-corrected chi connectivity index (χ2v) is 4.79. The molecule has 0 aromatic heterocycles. The van der Waals surface area contributed by atoms with Gasteiger partial charge in [0, 0.05) is 30.4 Å². The molecule has 0 aliphatic heterocycles. The summed E-state index contributed by atoms with van der Waals surface area (Å²) in [6.45, 7) is 1.86. The maximum atomic E-state index is 5.96. The van der Waals surface area contributed by atoms with Gasteiger partial charge in [0.25, 0.3) is 0 Å². The Morgan fingerprint density at radius 3 is 2.70 bits per heavy atom. The summed E-state index contributed by atoms with van der Waals surface area (Å²) < 4.78 is 10.5. The van der Waals surface area contributed by atoms with Gasteiger partial charge in [0.15, 0.2) is 0 Å². The Bertz CT molecular complexity index is 546. The summed E-state index contributed by atoms with van der Waals surface area (Å²) in [5, 5.41) is 4.10. The van der Waals surface area contributed by atoms with Gasteiger partial charge in [-0.25, -0.2) is 0 Å². The molecule has 0 atom stereocenters. The lowest BCUT2D eigenvalue weighted by molar-refractivity contribution is 0.146. The van der Waals surface area contributed by atoms with Crippen molar-refractivity contribution < 1.29 is 9.47 Å². The number of benzene rings is 2. The van der Waals surface area contributed by atoms with Gasteiger partial charge in [0.1, 0.15) is 12.4 Å². The highest BCUT2D eigenvalue weighted by Crippen LogP contribution is 2.18. The van der Waals surface area contributed by atoms with Crippen molar-refractivity contribution >= 4 is 17.3 Å². The van der Waals surface area contributed by atoms with E-state index in [4.69, 9.17) is 21.1 Å². The lowest BCUT2D eigenvalue weighted by atomic mass is 10.2. The van der Waals surface area contributed by atoms with Gasteiger partial charge in [-0.15, -0.1) is 0 Å². The maximum absolute atomic E-state index is 5.96. The molecule has 0 bridgehead atoms. The van der Waals surface area contributed by atoms with Crippen LogP contribution in [0.25, 0.3) is 0 Å². The van der Waals surface area contributed by atoms with Gasteiger partial charge >= 0.3 is 0 Å². The van der Waals surface area contributed by atoms with Crippen LogP contribution in [0.1, 0.15) is 5.56 Å². The van der Waals surface area contributed by atoms with Crippen LogP contribution in [0.15, 0.2) is 48.5 Å². The molecule has 0 unspecified atom stereocenters. The van der Waals surface area contributed by atoms with Crippen LogP contribution in [0.2, 0.25) is 5.02 Å². The average Bonchev–Trinajstić information content (AvgIpc) is 2.46. The lowest BCUT2D eigenvalue weighted by Crippen LogP contribution is -2.05. The lowest BCUT2D eigenvalue weighted by Gasteiger charge is -2.10. The second-order valence-electron chi connectivity index (χ2n) is 4.35. The zero-order chi connectivity index (χ0) is 14.2. The summed E-state index contributed by atoms with van der Waals surface area (Å²) in [7, 11) is 1.66. The van der Waals surface area contributed by atoms with Crippen LogP contribution < -0.4 is 10.1 Å². The molecule has 1 N–H and O–H groups in total. The van der Waals surface area contributed by atoms with Crippen LogP contribution in [0.3, 0.4) is 0 Å². The quantitative estimate of drug-likeness (QED) is 0.783. The van der Waals surface area contributed by atoms with Crippen molar-refractivity contribution in [3.05, 3.63) is 59.1 Å². The van der Waals surface area contributed by atoms with E-state index in [-0.39, 0.29) is 0 Å². The molecule has 2 aromatic rings. The predicted octanol–water partition coefficient (Wildman–Crippen LogP) is 3.98. The van der Waals surface area contributed by atoms with Gasteiger partial charge in [0.05, 0.1) is 6.61 Å². The SMILES string of the molecule is COCCOc1cccc(NCc2cccc(Cl)c2)c1. The van der Waals surface area contributed by atoms with Crippen molar-refractivity contribution in [1.82, 2.24) is 0 Å². The molecule has 0 spiro atoms. The topological polar surface area (TPSA) is 30.5 Å². The van der Waals surface area contributed by atoms with Crippen molar-refractivity contribution in [2.24, 2.45) is 0 Å². The van der Waals surface area contributed by atoms with E-state index in [1.165, 1.54) is 0 Å². The third kappa shape index (κ3) is 4.76. The number of hydrogen-bond donors (Lipinski definition) is 1. The average molecular weight is 292 g/mol. The number of methoxy groups -OCH3 is 1. The van der Waals surface area contributed by atoms with Crippen molar-refractivity contribution in [3.8, 4) is 5.75 Å². The molecule has 4 heteroatoms. The minimum Gasteiger partial charge on any atom is -0.491 e. The first kappa shape index (κ1) is 14.7. The first-order valence-electron chi connectivity index (χ1n) is 6.48. The van der Waals surface area contributed by atoms with E-state index in [1.807, 2.05) is 48.5 Å². The summed E-state index contributed by atoms with van der Waals surface area (Å²) in [6.07, 6.45) is 0. The zero-order valence-electron chi connectivity index (χ0n) is 11.4. The highest BCUT2D eigenvalue weighted by Gasteiger charge is 1.98. The van der Waals surface area contributed by atoms with Crippen LogP contribution >= 0.6 is 11.6 Å². The molecule has 0 aliphatic carbocycles. The maximum Gasteiger partial charge on any atom is 0.121 e. The van der Waals surface area contributed by atoms with Crippen molar-refractivity contribution in [2.75, 3.05) is 25.6 Å². The van der Waals surface area contributed by atoms with Crippen LogP contribution in [0.4, 0.5) is 5.69 Å². The highest BCUT2D eigenvalue weighted by molar-refractivity contribution is 6.30. The molecule has 0 fully saturated rings. The van der Waals surface area contributed by atoms with Crippen LogP contribution in [0, 0.1) is 0 Å². The third-order valence-electron chi connectivity index (χ3n) is 2.78. The molecule has 3 nitrogen and oxygen atoms in total. The number of hydrogen-bond acceptors (Lipinski definition) is 3. The molecule has 2 aromatic carbocycles. The monoisotopic (exact) mass is 291 g/mol. The summed E-state index contributed by atoms with van der Waals surface area (Å²) in [4.78, 5) is 0. The fraction of sp³-hybridized carbons (Fsp3) is 0.250. The minimum absolute atomic E-state index is 0.550. The van der Waals surface area contributed by atoms with Gasteiger partial charge in [-0.1, -0.05) is 29.8 Å². The summed E-state index contributed by atoms with van der Waals surface area (Å²) >= 11 is 5.96. The molecule has 2 rings (SSSR count). The Morgan fingerprint density at radius 1 is 1.05 bits per heavy atom. The van der Waals surface area contributed by atoms with E-state index in [2.05, 4.69) is 5.32 Å². The fourth-order valence-corrected chi connectivity index (χ4v) is 2.00. The molecule has 0 aliphatic rings. The van der Waals surface area contributed by atoms with Crippen molar-refractivity contribution in [3.63, 3.8) is 0 Å². The molecular weight excluding hydrogens is 274 g/mol. The van der Waals surface area contributed by atoms with E-state index < -0.39 is 0 Å². The first-order chi connectivity index (χ1) is 9.78. The first-order valence-corrected chi connectivity index (χ1v) is 6.86. The largest absolute Gasteiger partial charge is 0.491 e. The van der Waals surface area contributed by atoms with Gasteiger partial charge in [0.2, 0.25) is 0 Å². The molecule has 106 valence electrons. The number of halogens is 1. The van der Waals surface area contributed by atoms with Crippen LogP contribution in [-0.4, -0.2) is 20.3 Å². The summed E-state index contributed by atoms with van der Waals surface area (Å²) in [6, 6.07) is 15.7. The number of ether oxygens (including phenoxy) is 2. The van der Waals surface area contributed by atoms with Gasteiger partial charge in [-0.2, -0.15) is 0 Å². The van der Waals surface area contributed by atoms with Crippen molar-refractivity contribution in [1.29, 1.82) is 0 Å². The van der Waals surface area contributed by atoms with Crippen LogP contribution in [-0.2, 0) is 11.3 Å². The summed E-state index contributed by atoms with van der Waals surface area (Å²) in [5.41, 5.74) is 2.16. The van der Waals surface area contributed by atoms with E-state index >= 15 is 0 Å². The van der Waals surface area contributed by atoms with E-state index in [1.54, 1.807) is 7.11 Å². The van der Waals surface area contributed by atoms with E-state index in [0.717, 1.165) is 28.6 Å². The zero-order valence-corrected chi connectivity index (χ0v) is 12.2. The van der Waals surface area contributed by atoms with Gasteiger partial charge in [-0.05, 0) is 29.8 Å². The normalized spacial score (nSPS) is 10.3. The summed E-state index contributed by atoms with van der Waals surface area (Å²) in [5.74, 6) is 0.832. The second kappa shape index (κ2) is 7.78. The Morgan fingerprint density at radius 2 is 1.90 bits per heavy atom. The van der Waals surface area contributed by atoms with Crippen LogP contribution in [0.5, 0.6) is 5.75 Å². The predicted molar refractivity (Wildman–Crippen MR) is 82.6 cm³/mol. The number of nitrogens with one attached hydrogen (secondary N) is 1. The van der Waals surface area contributed by atoms with E-state index in [9.17, 15) is 0 Å². The fourth-order valence-electron chi connectivity index (χ4n) is 1.79. The van der Waals surface area contributed by atoms with E-state index in [0.29, 0.717) is 13.2 Å². The van der Waals surface area contributed by atoms with Gasteiger partial charge in [-0.3, -0.25) is 0 Å².